The third kappa shape index (κ3) is 3.48. The summed E-state index contributed by atoms with van der Waals surface area (Å²) in [5.41, 5.74) is 0.437. The van der Waals surface area contributed by atoms with Gasteiger partial charge in [0.15, 0.2) is 0 Å². The number of anilines is 1. The van der Waals surface area contributed by atoms with E-state index in [0.29, 0.717) is 10.8 Å². The molecule has 0 aromatic carbocycles. The Balaban J connectivity index is 1.78. The van der Waals surface area contributed by atoms with Gasteiger partial charge in [-0.05, 0) is 24.4 Å². The van der Waals surface area contributed by atoms with Crippen molar-refractivity contribution in [2.24, 2.45) is 0 Å². The van der Waals surface area contributed by atoms with Crippen LogP contribution in [0.5, 0.6) is 0 Å². The summed E-state index contributed by atoms with van der Waals surface area (Å²) in [5.74, 6) is -0.720. The van der Waals surface area contributed by atoms with Gasteiger partial charge in [0.05, 0.1) is 18.4 Å². The number of amides is 3. The minimum atomic E-state index is -0.844. The van der Waals surface area contributed by atoms with E-state index < -0.39 is 17.9 Å². The second-order valence-electron chi connectivity index (χ2n) is 4.73. The Morgan fingerprint density at radius 2 is 2.12 bits per heavy atom. The van der Waals surface area contributed by atoms with Gasteiger partial charge in [-0.25, -0.2) is 14.8 Å². The summed E-state index contributed by atoms with van der Waals surface area (Å²) in [6, 6.07) is 3.18. The van der Waals surface area contributed by atoms with Gasteiger partial charge in [0.25, 0.3) is 11.8 Å². The molecule has 0 aliphatic heterocycles. The lowest BCUT2D eigenvalue weighted by Crippen LogP contribution is -2.31. The minimum Gasteiger partial charge on any atom is -0.450 e. The number of thiophene rings is 1. The number of hydrogen-bond acceptors (Lipinski definition) is 7. The molecular weight excluding hydrogens is 346 g/mol. The zero-order chi connectivity index (χ0) is 17.8. The third-order valence-corrected chi connectivity index (χ3v) is 3.98. The summed E-state index contributed by atoms with van der Waals surface area (Å²) in [4.78, 5) is 44.0. The molecular formula is C15H13N5O4S. The molecule has 0 saturated carbocycles. The van der Waals surface area contributed by atoms with E-state index in [2.05, 4.69) is 25.3 Å². The van der Waals surface area contributed by atoms with Crippen LogP contribution in [-0.4, -0.2) is 38.9 Å². The van der Waals surface area contributed by atoms with Crippen LogP contribution < -0.4 is 10.6 Å². The highest BCUT2D eigenvalue weighted by atomic mass is 32.1. The Labute approximate surface area is 145 Å². The molecule has 10 heteroatoms. The molecule has 3 heterocycles. The number of carbonyl (C=O) groups is 3. The largest absolute Gasteiger partial charge is 0.450 e. The lowest BCUT2D eigenvalue weighted by molar-refractivity contribution is 0.0926. The first kappa shape index (κ1) is 16.6. The van der Waals surface area contributed by atoms with Crippen molar-refractivity contribution in [1.29, 1.82) is 0 Å². The smallest absolute Gasteiger partial charge is 0.414 e. The van der Waals surface area contributed by atoms with Crippen molar-refractivity contribution in [2.45, 2.75) is 6.92 Å². The molecule has 0 aliphatic rings. The molecule has 0 radical (unpaired) electrons. The zero-order valence-electron chi connectivity index (χ0n) is 13.1. The molecule has 0 saturated heterocycles. The lowest BCUT2D eigenvalue weighted by atomic mass is 10.3. The van der Waals surface area contributed by atoms with Gasteiger partial charge in [-0.3, -0.25) is 19.3 Å². The Bertz CT molecular complexity index is 948. The van der Waals surface area contributed by atoms with Crippen LogP contribution in [0.15, 0.2) is 36.1 Å². The SMILES string of the molecule is CCOC(=O)NC(=O)c1ccsc1NC(=O)c1cnc2ncccn12. The van der Waals surface area contributed by atoms with E-state index in [1.165, 1.54) is 16.7 Å². The van der Waals surface area contributed by atoms with E-state index in [1.807, 2.05) is 0 Å². The molecule has 25 heavy (non-hydrogen) atoms. The predicted molar refractivity (Wildman–Crippen MR) is 89.7 cm³/mol. The molecule has 0 spiro atoms. The molecule has 0 unspecified atom stereocenters. The van der Waals surface area contributed by atoms with Crippen molar-refractivity contribution >= 4 is 40.0 Å². The topological polar surface area (TPSA) is 115 Å². The van der Waals surface area contributed by atoms with Gasteiger partial charge in [0.1, 0.15) is 10.7 Å². The average Bonchev–Trinajstić information content (AvgIpc) is 3.21. The number of nitrogens with zero attached hydrogens (tertiary/aromatic N) is 3. The summed E-state index contributed by atoms with van der Waals surface area (Å²) in [5, 5.41) is 6.68. The maximum absolute atomic E-state index is 12.5. The molecule has 9 nitrogen and oxygen atoms in total. The Morgan fingerprint density at radius 3 is 2.92 bits per heavy atom. The number of alkyl carbamates (subject to hydrolysis) is 1. The highest BCUT2D eigenvalue weighted by Gasteiger charge is 2.19. The van der Waals surface area contributed by atoms with Gasteiger partial charge < -0.3 is 10.1 Å². The van der Waals surface area contributed by atoms with Crippen LogP contribution in [0.3, 0.4) is 0 Å². The van der Waals surface area contributed by atoms with Crippen molar-refractivity contribution in [2.75, 3.05) is 11.9 Å². The fourth-order valence-corrected chi connectivity index (χ4v) is 2.85. The van der Waals surface area contributed by atoms with E-state index in [4.69, 9.17) is 0 Å². The second-order valence-corrected chi connectivity index (χ2v) is 5.64. The second kappa shape index (κ2) is 7.09. The molecule has 3 rings (SSSR count). The number of aromatic nitrogens is 3. The first-order valence-electron chi connectivity index (χ1n) is 7.25. The van der Waals surface area contributed by atoms with Crippen LogP contribution in [0, 0.1) is 0 Å². The normalized spacial score (nSPS) is 10.4. The Hall–Kier alpha value is -3.27. The van der Waals surface area contributed by atoms with Crippen molar-refractivity contribution in [3.8, 4) is 0 Å². The zero-order valence-corrected chi connectivity index (χ0v) is 13.9. The first-order valence-corrected chi connectivity index (χ1v) is 8.13. The lowest BCUT2D eigenvalue weighted by Gasteiger charge is -2.07. The van der Waals surface area contributed by atoms with Gasteiger partial charge in [-0.2, -0.15) is 0 Å². The standard InChI is InChI=1S/C15H13N5O4S/c1-2-24-15(23)19-11(21)9-4-7-25-13(9)18-12(22)10-8-17-14-16-5-3-6-20(10)14/h3-8H,2H2,1H3,(H,18,22)(H,19,21,23). The number of rotatable bonds is 4. The number of carbonyl (C=O) groups excluding carboxylic acids is 3. The molecule has 0 aliphatic carbocycles. The van der Waals surface area contributed by atoms with Gasteiger partial charge in [-0.1, -0.05) is 0 Å². The number of ether oxygens (including phenoxy) is 1. The molecule has 2 N–H and O–H groups in total. The van der Waals surface area contributed by atoms with Gasteiger partial charge in [0, 0.05) is 12.4 Å². The molecule has 128 valence electrons. The van der Waals surface area contributed by atoms with Crippen molar-refractivity contribution in [3.05, 3.63) is 47.4 Å². The number of fused-ring (bicyclic) bond motifs is 1. The van der Waals surface area contributed by atoms with Crippen LogP contribution in [0.1, 0.15) is 27.8 Å². The summed E-state index contributed by atoms with van der Waals surface area (Å²) in [6.45, 7) is 1.78. The fourth-order valence-electron chi connectivity index (χ4n) is 2.08. The monoisotopic (exact) mass is 359 g/mol. The molecule has 0 atom stereocenters. The summed E-state index contributed by atoms with van der Waals surface area (Å²) in [7, 11) is 0. The summed E-state index contributed by atoms with van der Waals surface area (Å²) >= 11 is 1.16. The van der Waals surface area contributed by atoms with E-state index in [-0.39, 0.29) is 17.9 Å². The van der Waals surface area contributed by atoms with E-state index >= 15 is 0 Å². The number of nitrogens with one attached hydrogen (secondary N) is 2. The third-order valence-electron chi connectivity index (χ3n) is 3.15. The van der Waals surface area contributed by atoms with Crippen LogP contribution >= 0.6 is 11.3 Å². The highest BCUT2D eigenvalue weighted by Crippen LogP contribution is 2.24. The van der Waals surface area contributed by atoms with Crippen LogP contribution in [0.4, 0.5) is 9.80 Å². The number of hydrogen-bond donors (Lipinski definition) is 2. The fraction of sp³-hybridized carbons (Fsp3) is 0.133. The number of imidazole rings is 1. The maximum Gasteiger partial charge on any atom is 0.414 e. The van der Waals surface area contributed by atoms with Crippen molar-refractivity contribution in [1.82, 2.24) is 19.7 Å². The number of imide groups is 1. The minimum absolute atomic E-state index is 0.147. The Morgan fingerprint density at radius 1 is 1.28 bits per heavy atom. The van der Waals surface area contributed by atoms with E-state index in [9.17, 15) is 14.4 Å². The molecule has 3 amide bonds. The summed E-state index contributed by atoms with van der Waals surface area (Å²) < 4.78 is 6.19. The van der Waals surface area contributed by atoms with E-state index in [0.717, 1.165) is 11.3 Å². The predicted octanol–water partition coefficient (Wildman–Crippen LogP) is 1.93. The van der Waals surface area contributed by atoms with Crippen LogP contribution in [0.2, 0.25) is 0 Å². The van der Waals surface area contributed by atoms with Crippen LogP contribution in [-0.2, 0) is 4.74 Å². The Kier molecular flexibility index (Phi) is 4.70. The van der Waals surface area contributed by atoms with Crippen molar-refractivity contribution in [3.63, 3.8) is 0 Å². The quantitative estimate of drug-likeness (QED) is 0.735. The molecule has 0 bridgehead atoms. The van der Waals surface area contributed by atoms with Gasteiger partial charge >= 0.3 is 6.09 Å². The van der Waals surface area contributed by atoms with E-state index in [1.54, 1.807) is 30.8 Å². The first-order chi connectivity index (χ1) is 12.1. The average molecular weight is 359 g/mol. The molecule has 3 aromatic rings. The van der Waals surface area contributed by atoms with Crippen molar-refractivity contribution < 1.29 is 19.1 Å². The maximum atomic E-state index is 12.5. The van der Waals surface area contributed by atoms with Gasteiger partial charge in [-0.15, -0.1) is 11.3 Å². The van der Waals surface area contributed by atoms with Gasteiger partial charge in [0.2, 0.25) is 5.78 Å². The molecule has 0 fully saturated rings. The van der Waals surface area contributed by atoms with Crippen LogP contribution in [0.25, 0.3) is 5.78 Å². The molecule has 3 aromatic heterocycles. The highest BCUT2D eigenvalue weighted by molar-refractivity contribution is 7.14. The summed E-state index contributed by atoms with van der Waals surface area (Å²) in [6.07, 6.45) is 3.78.